The second-order valence-electron chi connectivity index (χ2n) is 4.10. The molecule has 0 aromatic carbocycles. The van der Waals surface area contributed by atoms with Crippen LogP contribution in [0.2, 0.25) is 5.02 Å². The molecule has 1 rings (SSSR count). The number of aromatic nitrogens is 2. The summed E-state index contributed by atoms with van der Waals surface area (Å²) < 4.78 is 1.22. The van der Waals surface area contributed by atoms with Crippen molar-refractivity contribution in [2.24, 2.45) is 5.92 Å². The van der Waals surface area contributed by atoms with Crippen LogP contribution in [0.1, 0.15) is 26.7 Å². The topological polar surface area (TPSA) is 46.9 Å². The van der Waals surface area contributed by atoms with Crippen molar-refractivity contribution in [2.45, 2.75) is 33.2 Å². The molecule has 0 amide bonds. The molecule has 0 fully saturated rings. The number of anilines is 1. The molecule has 4 nitrogen and oxygen atoms in total. The van der Waals surface area contributed by atoms with Crippen molar-refractivity contribution in [1.29, 1.82) is 0 Å². The van der Waals surface area contributed by atoms with Crippen LogP contribution in [-0.4, -0.2) is 16.3 Å². The van der Waals surface area contributed by atoms with Crippen LogP contribution in [-0.2, 0) is 6.54 Å². The van der Waals surface area contributed by atoms with Crippen molar-refractivity contribution in [2.75, 3.05) is 11.9 Å². The van der Waals surface area contributed by atoms with E-state index in [0.717, 1.165) is 19.4 Å². The Kier molecular flexibility index (Phi) is 5.73. The molecule has 0 saturated carbocycles. The molecule has 0 saturated heterocycles. The highest BCUT2D eigenvalue weighted by atomic mass is 35.5. The first-order chi connectivity index (χ1) is 8.63. The van der Waals surface area contributed by atoms with Crippen molar-refractivity contribution in [3.05, 3.63) is 21.6 Å². The molecule has 0 spiro atoms. The summed E-state index contributed by atoms with van der Waals surface area (Å²) in [6, 6.07) is 0. The van der Waals surface area contributed by atoms with Gasteiger partial charge in [-0.1, -0.05) is 44.2 Å². The second kappa shape index (κ2) is 7.07. The Morgan fingerprint density at radius 1 is 1.56 bits per heavy atom. The molecule has 1 heterocycles. The first-order valence-corrected chi connectivity index (χ1v) is 6.44. The van der Waals surface area contributed by atoms with Crippen LogP contribution in [0.4, 0.5) is 5.69 Å². The molecule has 1 N–H and O–H groups in total. The van der Waals surface area contributed by atoms with Crippen molar-refractivity contribution >= 4 is 17.3 Å². The van der Waals surface area contributed by atoms with Crippen LogP contribution in [0.25, 0.3) is 0 Å². The standard InChI is InChI=1S/C13H18ClN3O/c1-4-7-17-13(18)12(11(14)9-16-17)15-8-10(5-2)6-3/h1,9-10,15H,5-8H2,2-3H3. The van der Waals surface area contributed by atoms with Gasteiger partial charge in [0.25, 0.3) is 5.56 Å². The largest absolute Gasteiger partial charge is 0.379 e. The van der Waals surface area contributed by atoms with Gasteiger partial charge in [-0.05, 0) is 5.92 Å². The molecule has 5 heteroatoms. The average Bonchev–Trinajstić information content (AvgIpc) is 2.37. The van der Waals surface area contributed by atoms with Crippen molar-refractivity contribution in [1.82, 2.24) is 9.78 Å². The highest BCUT2D eigenvalue weighted by molar-refractivity contribution is 6.32. The number of nitrogens with one attached hydrogen (secondary N) is 1. The lowest BCUT2D eigenvalue weighted by Crippen LogP contribution is -2.27. The van der Waals surface area contributed by atoms with E-state index in [4.69, 9.17) is 18.0 Å². The molecule has 1 aromatic heterocycles. The van der Waals surface area contributed by atoms with Gasteiger partial charge in [-0.15, -0.1) is 6.42 Å². The van der Waals surface area contributed by atoms with Crippen molar-refractivity contribution in [3.63, 3.8) is 0 Å². The van der Waals surface area contributed by atoms with Crippen LogP contribution in [0, 0.1) is 18.3 Å². The maximum Gasteiger partial charge on any atom is 0.292 e. The fourth-order valence-corrected chi connectivity index (χ4v) is 1.84. The van der Waals surface area contributed by atoms with Crippen LogP contribution >= 0.6 is 11.6 Å². The fourth-order valence-electron chi connectivity index (χ4n) is 1.65. The molecule has 0 bridgehead atoms. The Balaban J connectivity index is 2.91. The number of terminal acetylenes is 1. The molecule has 18 heavy (non-hydrogen) atoms. The second-order valence-corrected chi connectivity index (χ2v) is 4.51. The van der Waals surface area contributed by atoms with Crippen LogP contribution < -0.4 is 10.9 Å². The van der Waals surface area contributed by atoms with E-state index in [0.29, 0.717) is 16.6 Å². The van der Waals surface area contributed by atoms with Crippen LogP contribution in [0.3, 0.4) is 0 Å². The summed E-state index contributed by atoms with van der Waals surface area (Å²) in [7, 11) is 0. The van der Waals surface area contributed by atoms with E-state index < -0.39 is 0 Å². The predicted molar refractivity (Wildman–Crippen MR) is 74.9 cm³/mol. The van der Waals surface area contributed by atoms with Crippen LogP contribution in [0.15, 0.2) is 11.0 Å². The minimum atomic E-state index is -0.272. The number of hydrogen-bond donors (Lipinski definition) is 1. The first-order valence-electron chi connectivity index (χ1n) is 6.06. The third kappa shape index (κ3) is 3.51. The maximum absolute atomic E-state index is 12.0. The number of halogens is 1. The quantitative estimate of drug-likeness (QED) is 0.805. The maximum atomic E-state index is 12.0. The zero-order valence-electron chi connectivity index (χ0n) is 10.7. The van der Waals surface area contributed by atoms with Crippen molar-refractivity contribution in [3.8, 4) is 12.3 Å². The molecular weight excluding hydrogens is 250 g/mol. The summed E-state index contributed by atoms with van der Waals surface area (Å²) in [4.78, 5) is 12.0. The molecule has 1 aromatic rings. The predicted octanol–water partition coefficient (Wildman–Crippen LogP) is 2.38. The lowest BCUT2D eigenvalue weighted by molar-refractivity contribution is 0.518. The number of rotatable bonds is 6. The lowest BCUT2D eigenvalue weighted by Gasteiger charge is -2.15. The minimum absolute atomic E-state index is 0.148. The fraction of sp³-hybridized carbons (Fsp3) is 0.538. The average molecular weight is 268 g/mol. The monoisotopic (exact) mass is 267 g/mol. The van der Waals surface area contributed by atoms with E-state index in [9.17, 15) is 4.79 Å². The van der Waals surface area contributed by atoms with Crippen LogP contribution in [0.5, 0.6) is 0 Å². The van der Waals surface area contributed by atoms with E-state index >= 15 is 0 Å². The van der Waals surface area contributed by atoms with Gasteiger partial charge in [-0.3, -0.25) is 4.79 Å². The highest BCUT2D eigenvalue weighted by Crippen LogP contribution is 2.16. The Morgan fingerprint density at radius 2 is 2.22 bits per heavy atom. The summed E-state index contributed by atoms with van der Waals surface area (Å²) in [5.74, 6) is 2.91. The van der Waals surface area contributed by atoms with E-state index in [1.807, 2.05) is 0 Å². The summed E-state index contributed by atoms with van der Waals surface area (Å²) in [6.45, 7) is 5.12. The molecule has 0 aliphatic rings. The van der Waals surface area contributed by atoms with Gasteiger partial charge < -0.3 is 5.32 Å². The van der Waals surface area contributed by atoms with Gasteiger partial charge in [0.15, 0.2) is 0 Å². The van der Waals surface area contributed by atoms with Gasteiger partial charge >= 0.3 is 0 Å². The molecule has 0 unspecified atom stereocenters. The van der Waals surface area contributed by atoms with E-state index in [1.54, 1.807) is 0 Å². The Labute approximate surface area is 112 Å². The summed E-state index contributed by atoms with van der Waals surface area (Å²) >= 11 is 5.98. The summed E-state index contributed by atoms with van der Waals surface area (Å²) in [6.07, 6.45) is 8.74. The lowest BCUT2D eigenvalue weighted by atomic mass is 10.0. The normalized spacial score (nSPS) is 10.4. The third-order valence-electron chi connectivity index (χ3n) is 2.96. The molecule has 0 radical (unpaired) electrons. The van der Waals surface area contributed by atoms with Gasteiger partial charge in [0.2, 0.25) is 0 Å². The number of hydrogen-bond acceptors (Lipinski definition) is 3. The summed E-state index contributed by atoms with van der Waals surface area (Å²) in [5, 5.41) is 7.33. The van der Waals surface area contributed by atoms with Gasteiger partial charge in [-0.2, -0.15) is 5.10 Å². The molecule has 98 valence electrons. The Morgan fingerprint density at radius 3 is 2.78 bits per heavy atom. The molecular formula is C13H18ClN3O. The number of nitrogens with zero attached hydrogens (tertiary/aromatic N) is 2. The third-order valence-corrected chi connectivity index (χ3v) is 3.25. The van der Waals surface area contributed by atoms with E-state index in [-0.39, 0.29) is 12.1 Å². The van der Waals surface area contributed by atoms with E-state index in [1.165, 1.54) is 10.9 Å². The highest BCUT2D eigenvalue weighted by Gasteiger charge is 2.11. The minimum Gasteiger partial charge on any atom is -0.379 e. The van der Waals surface area contributed by atoms with E-state index in [2.05, 4.69) is 30.2 Å². The molecule has 0 aliphatic heterocycles. The van der Waals surface area contributed by atoms with Gasteiger partial charge in [0.05, 0.1) is 11.2 Å². The Bertz CT molecular complexity index is 486. The summed E-state index contributed by atoms with van der Waals surface area (Å²) in [5.41, 5.74) is 0.111. The zero-order valence-corrected chi connectivity index (χ0v) is 11.5. The molecule has 0 atom stereocenters. The Hall–Kier alpha value is -1.47. The van der Waals surface area contributed by atoms with Gasteiger partial charge in [0, 0.05) is 6.54 Å². The van der Waals surface area contributed by atoms with Gasteiger partial charge in [0.1, 0.15) is 12.2 Å². The van der Waals surface area contributed by atoms with Crippen molar-refractivity contribution < 1.29 is 0 Å². The SMILES string of the molecule is C#CCn1ncc(Cl)c(NCC(CC)CC)c1=O. The zero-order chi connectivity index (χ0) is 13.5. The smallest absolute Gasteiger partial charge is 0.292 e. The van der Waals surface area contributed by atoms with Gasteiger partial charge in [-0.25, -0.2) is 4.68 Å². The molecule has 0 aliphatic carbocycles. The first kappa shape index (κ1) is 14.6.